The SMILES string of the molecule is NC(N)=O.NP(O)O. The molecule has 6 nitrogen and oxygen atoms in total. The predicted octanol–water partition coefficient (Wildman–Crippen LogP) is -1.82. The van der Waals surface area contributed by atoms with Crippen molar-refractivity contribution in [3.05, 3.63) is 0 Å². The number of urea groups is 1. The third-order valence-corrected chi connectivity index (χ3v) is 0. The van der Waals surface area contributed by atoms with E-state index in [1.54, 1.807) is 0 Å². The molecule has 8 heavy (non-hydrogen) atoms. The van der Waals surface area contributed by atoms with Crippen LogP contribution in [-0.2, 0) is 0 Å². The molecule has 0 aliphatic carbocycles. The zero-order chi connectivity index (χ0) is 7.15. The summed E-state index contributed by atoms with van der Waals surface area (Å²) in [4.78, 5) is 23.9. The van der Waals surface area contributed by atoms with E-state index in [9.17, 15) is 0 Å². The molecule has 0 aliphatic heterocycles. The van der Waals surface area contributed by atoms with E-state index in [2.05, 4.69) is 17.0 Å². The molecule has 0 heterocycles. The fourth-order valence-electron chi connectivity index (χ4n) is 0. The van der Waals surface area contributed by atoms with E-state index >= 15 is 0 Å². The minimum absolute atomic E-state index is 0.833. The summed E-state index contributed by atoms with van der Waals surface area (Å²) in [5, 5.41) is 0. The van der Waals surface area contributed by atoms with Crippen LogP contribution < -0.4 is 17.0 Å². The van der Waals surface area contributed by atoms with Crippen molar-refractivity contribution < 1.29 is 14.6 Å². The maximum Gasteiger partial charge on any atom is 0.309 e. The van der Waals surface area contributed by atoms with Crippen molar-refractivity contribution in [2.24, 2.45) is 17.0 Å². The average molecular weight is 141 g/mol. The maximum atomic E-state index is 9.00. The molecular weight excluding hydrogens is 133 g/mol. The monoisotopic (exact) mass is 141 g/mol. The second kappa shape index (κ2) is 6.58. The first-order chi connectivity index (χ1) is 3.46. The van der Waals surface area contributed by atoms with Gasteiger partial charge in [0, 0.05) is 0 Å². The van der Waals surface area contributed by atoms with Gasteiger partial charge in [-0.25, -0.2) is 4.79 Å². The van der Waals surface area contributed by atoms with Crippen molar-refractivity contribution in [3.63, 3.8) is 0 Å². The molecule has 0 rings (SSSR count). The maximum absolute atomic E-state index is 9.00. The van der Waals surface area contributed by atoms with Gasteiger partial charge >= 0.3 is 6.03 Å². The van der Waals surface area contributed by atoms with Gasteiger partial charge in [-0.05, 0) is 0 Å². The van der Waals surface area contributed by atoms with Crippen LogP contribution in [0.15, 0.2) is 0 Å². The summed E-state index contributed by atoms with van der Waals surface area (Å²) in [5.41, 5.74) is 12.8. The summed E-state index contributed by atoms with van der Waals surface area (Å²) in [5.74, 6) is 0. The Morgan fingerprint density at radius 2 is 1.38 bits per heavy atom. The number of carbonyl (C=O) groups is 1. The first-order valence-electron chi connectivity index (χ1n) is 1.44. The van der Waals surface area contributed by atoms with Gasteiger partial charge in [-0.15, -0.1) is 0 Å². The zero-order valence-corrected chi connectivity index (χ0v) is 4.88. The molecule has 0 aromatic rings. The number of carbonyl (C=O) groups excluding carboxylic acids is 1. The van der Waals surface area contributed by atoms with Crippen LogP contribution in [0.25, 0.3) is 0 Å². The second-order valence-corrected chi connectivity index (χ2v) is 1.36. The number of rotatable bonds is 0. The van der Waals surface area contributed by atoms with Gasteiger partial charge in [0.05, 0.1) is 0 Å². The molecule has 0 spiro atoms. The van der Waals surface area contributed by atoms with Crippen molar-refractivity contribution in [2.45, 2.75) is 0 Å². The van der Waals surface area contributed by atoms with E-state index in [1.807, 2.05) is 0 Å². The summed E-state index contributed by atoms with van der Waals surface area (Å²) in [7, 11) is -2.12. The first kappa shape index (κ1) is 10.5. The highest BCUT2D eigenvalue weighted by molar-refractivity contribution is 7.42. The number of hydrogen-bond acceptors (Lipinski definition) is 4. The lowest BCUT2D eigenvalue weighted by molar-refractivity contribution is 0.256. The number of hydrogen-bond donors (Lipinski definition) is 5. The largest absolute Gasteiger partial charge is 0.352 e. The molecule has 0 saturated heterocycles. The van der Waals surface area contributed by atoms with Crippen molar-refractivity contribution in [3.8, 4) is 0 Å². The Labute approximate surface area is 47.2 Å². The predicted molar refractivity (Wildman–Crippen MR) is 29.3 cm³/mol. The highest BCUT2D eigenvalue weighted by atomic mass is 31.2. The van der Waals surface area contributed by atoms with Crippen LogP contribution in [0, 0.1) is 0 Å². The fraction of sp³-hybridized carbons (Fsp3) is 0. The van der Waals surface area contributed by atoms with Gasteiger partial charge in [-0.2, -0.15) is 0 Å². The number of primary amides is 2. The average Bonchev–Trinajstić information content (AvgIpc) is 1.25. The minimum Gasteiger partial charge on any atom is -0.352 e. The molecule has 0 fully saturated rings. The van der Waals surface area contributed by atoms with Gasteiger partial charge in [-0.3, -0.25) is 5.50 Å². The molecule has 7 heteroatoms. The molecule has 0 radical (unpaired) electrons. The molecule has 2 amide bonds. The molecule has 0 bridgehead atoms. The molecule has 0 aromatic heterocycles. The summed E-state index contributed by atoms with van der Waals surface area (Å²) in [6, 6.07) is -0.833. The Kier molecular flexibility index (Phi) is 8.67. The summed E-state index contributed by atoms with van der Waals surface area (Å²) in [6.07, 6.45) is 0. The first-order valence-corrected chi connectivity index (χ1v) is 2.76. The topological polar surface area (TPSA) is 136 Å². The molecule has 0 aliphatic rings. The molecule has 0 aromatic carbocycles. The van der Waals surface area contributed by atoms with Crippen LogP contribution in [0.5, 0.6) is 0 Å². The fourth-order valence-corrected chi connectivity index (χ4v) is 0. The van der Waals surface area contributed by atoms with E-state index in [4.69, 9.17) is 14.6 Å². The van der Waals surface area contributed by atoms with Gasteiger partial charge in [0.25, 0.3) is 0 Å². The smallest absolute Gasteiger partial charge is 0.309 e. The van der Waals surface area contributed by atoms with Crippen molar-refractivity contribution in [2.75, 3.05) is 0 Å². The Hall–Kier alpha value is -0.420. The van der Waals surface area contributed by atoms with E-state index in [0.29, 0.717) is 0 Å². The molecule has 0 atom stereocenters. The second-order valence-electron chi connectivity index (χ2n) is 0.723. The lowest BCUT2D eigenvalue weighted by Gasteiger charge is -1.79. The molecular formula is CH8N3O3P. The summed E-state index contributed by atoms with van der Waals surface area (Å²) in [6.45, 7) is 0. The Bertz CT molecular complexity index is 58.8. The zero-order valence-electron chi connectivity index (χ0n) is 3.98. The highest BCUT2D eigenvalue weighted by Crippen LogP contribution is 2.05. The van der Waals surface area contributed by atoms with Gasteiger partial charge < -0.3 is 21.3 Å². The van der Waals surface area contributed by atoms with Gasteiger partial charge in [0.1, 0.15) is 0 Å². The van der Waals surface area contributed by atoms with Crippen LogP contribution in [0.4, 0.5) is 4.79 Å². The standard InChI is InChI=1S/CH4N2O.H4NO2P/c2-1(3)4;1-4(2)3/h(H4,2,3,4);2-3H,1H2. The Balaban J connectivity index is 0. The Morgan fingerprint density at radius 3 is 1.38 bits per heavy atom. The van der Waals surface area contributed by atoms with E-state index in [1.165, 1.54) is 0 Å². The highest BCUT2D eigenvalue weighted by Gasteiger charge is 1.72. The minimum atomic E-state index is -2.12. The van der Waals surface area contributed by atoms with E-state index in [-0.39, 0.29) is 0 Å². The molecule has 8 N–H and O–H groups in total. The lowest BCUT2D eigenvalue weighted by atomic mass is 11.2. The third-order valence-electron chi connectivity index (χ3n) is 0. The van der Waals surface area contributed by atoms with Crippen LogP contribution >= 0.6 is 8.53 Å². The van der Waals surface area contributed by atoms with E-state index < -0.39 is 14.6 Å². The summed E-state index contributed by atoms with van der Waals surface area (Å²) < 4.78 is 0. The number of nitrogens with two attached hydrogens (primary N) is 3. The lowest BCUT2D eigenvalue weighted by Crippen LogP contribution is -2.18. The van der Waals surface area contributed by atoms with Gasteiger partial charge in [0.15, 0.2) is 0 Å². The van der Waals surface area contributed by atoms with Crippen molar-refractivity contribution in [1.82, 2.24) is 0 Å². The number of amides is 2. The van der Waals surface area contributed by atoms with Crippen LogP contribution in [0.1, 0.15) is 0 Å². The van der Waals surface area contributed by atoms with Crippen molar-refractivity contribution in [1.29, 1.82) is 0 Å². The van der Waals surface area contributed by atoms with Crippen molar-refractivity contribution >= 4 is 14.6 Å². The summed E-state index contributed by atoms with van der Waals surface area (Å²) >= 11 is 0. The van der Waals surface area contributed by atoms with Crippen LogP contribution in [-0.4, -0.2) is 15.8 Å². The molecule has 0 saturated carbocycles. The van der Waals surface area contributed by atoms with Gasteiger partial charge in [0.2, 0.25) is 8.53 Å². The van der Waals surface area contributed by atoms with E-state index in [0.717, 1.165) is 0 Å². The van der Waals surface area contributed by atoms with Gasteiger partial charge in [-0.1, -0.05) is 0 Å². The quantitative estimate of drug-likeness (QED) is 0.254. The normalized spacial score (nSPS) is 7.50. The van der Waals surface area contributed by atoms with Crippen LogP contribution in [0.2, 0.25) is 0 Å². The molecule has 50 valence electrons. The Morgan fingerprint density at radius 1 is 1.38 bits per heavy atom. The van der Waals surface area contributed by atoms with Crippen LogP contribution in [0.3, 0.4) is 0 Å². The third kappa shape index (κ3) is 664. The molecule has 0 unspecified atom stereocenters.